The lowest BCUT2D eigenvalue weighted by Crippen LogP contribution is -2.20. The van der Waals surface area contributed by atoms with Gasteiger partial charge in [-0.2, -0.15) is 4.98 Å². The topological polar surface area (TPSA) is 106 Å². The molecular weight excluding hydrogens is 416 g/mol. The van der Waals surface area contributed by atoms with Crippen molar-refractivity contribution >= 4 is 39.5 Å². The van der Waals surface area contributed by atoms with Crippen molar-refractivity contribution in [3.8, 4) is 11.3 Å². The van der Waals surface area contributed by atoms with Crippen LogP contribution < -0.4 is 10.2 Å². The maximum absolute atomic E-state index is 12.7. The highest BCUT2D eigenvalue weighted by atomic mass is 32.1. The second-order valence-electron chi connectivity index (χ2n) is 7.23. The van der Waals surface area contributed by atoms with Crippen LogP contribution in [0.2, 0.25) is 0 Å². The zero-order valence-corrected chi connectivity index (χ0v) is 17.2. The molecule has 1 aliphatic rings. The molecule has 4 aromatic rings. The van der Waals surface area contributed by atoms with Crippen molar-refractivity contribution in [2.45, 2.75) is 12.8 Å². The van der Waals surface area contributed by atoms with E-state index in [0.29, 0.717) is 10.6 Å². The van der Waals surface area contributed by atoms with Gasteiger partial charge in [0.1, 0.15) is 5.69 Å². The lowest BCUT2D eigenvalue weighted by Gasteiger charge is -2.17. The first kappa shape index (κ1) is 19.2. The molecule has 1 fully saturated rings. The number of nitro groups is 1. The van der Waals surface area contributed by atoms with Crippen molar-refractivity contribution in [3.05, 3.63) is 69.6 Å². The summed E-state index contributed by atoms with van der Waals surface area (Å²) in [5.41, 5.74) is 2.53. The average molecular weight is 434 g/mol. The number of nitrogens with zero attached hydrogens (tertiary/aromatic N) is 5. The van der Waals surface area contributed by atoms with Gasteiger partial charge in [-0.1, -0.05) is 30.3 Å². The van der Waals surface area contributed by atoms with Gasteiger partial charge in [-0.25, -0.2) is 4.52 Å². The highest BCUT2D eigenvalue weighted by Gasteiger charge is 2.24. The van der Waals surface area contributed by atoms with Gasteiger partial charge in [-0.15, -0.1) is 16.4 Å². The third-order valence-corrected chi connectivity index (χ3v) is 6.07. The minimum atomic E-state index is -0.490. The second-order valence-corrected chi connectivity index (χ2v) is 8.06. The fraction of sp³-hybridized carbons (Fsp3) is 0.190. The molecule has 10 heteroatoms. The van der Waals surface area contributed by atoms with Gasteiger partial charge in [0.2, 0.25) is 4.96 Å². The molecule has 1 aliphatic heterocycles. The lowest BCUT2D eigenvalue weighted by atomic mass is 10.1. The lowest BCUT2D eigenvalue weighted by molar-refractivity contribution is -0.384. The summed E-state index contributed by atoms with van der Waals surface area (Å²) in [6.07, 6.45) is 2.01. The summed E-state index contributed by atoms with van der Waals surface area (Å²) in [6, 6.07) is 14.3. The van der Waals surface area contributed by atoms with Gasteiger partial charge in [0.25, 0.3) is 17.5 Å². The van der Waals surface area contributed by atoms with Crippen LogP contribution in [0.3, 0.4) is 0 Å². The van der Waals surface area contributed by atoms with Gasteiger partial charge in [0.05, 0.1) is 10.6 Å². The molecule has 0 aliphatic carbocycles. The summed E-state index contributed by atoms with van der Waals surface area (Å²) in [7, 11) is 0. The molecule has 156 valence electrons. The van der Waals surface area contributed by atoms with E-state index in [4.69, 9.17) is 0 Å². The molecule has 1 amide bonds. The molecule has 1 N–H and O–H groups in total. The van der Waals surface area contributed by atoms with Crippen LogP contribution in [0.25, 0.3) is 16.2 Å². The third-order valence-electron chi connectivity index (χ3n) is 5.26. The van der Waals surface area contributed by atoms with Crippen LogP contribution in [0, 0.1) is 10.1 Å². The fourth-order valence-electron chi connectivity index (χ4n) is 3.75. The molecule has 0 atom stereocenters. The third kappa shape index (κ3) is 3.61. The predicted octanol–water partition coefficient (Wildman–Crippen LogP) is 4.22. The highest BCUT2D eigenvalue weighted by Crippen LogP contribution is 2.32. The summed E-state index contributed by atoms with van der Waals surface area (Å²) in [4.78, 5) is 30.9. The molecule has 0 spiro atoms. The minimum absolute atomic E-state index is 0.0697. The number of thiazole rings is 1. The molecule has 9 nitrogen and oxygen atoms in total. The Morgan fingerprint density at radius 3 is 2.65 bits per heavy atom. The largest absolute Gasteiger partial charge is 0.366 e. The van der Waals surface area contributed by atoms with E-state index in [0.717, 1.165) is 37.2 Å². The first-order valence-electron chi connectivity index (χ1n) is 9.84. The Bertz CT molecular complexity index is 1280. The standard InChI is InChI=1S/C21H18N6O3S/c28-19(15-8-9-16(17(12-15)27(29)30)25-10-4-5-11-25)22-20-23-21-26(24-20)18(13-31-21)14-6-2-1-3-7-14/h1-3,6-9,12-13H,4-5,10-11H2,(H,22,24,28). The van der Waals surface area contributed by atoms with Crippen LogP contribution in [0.5, 0.6) is 0 Å². The molecule has 2 aromatic heterocycles. The van der Waals surface area contributed by atoms with Crippen LogP contribution in [0.15, 0.2) is 53.9 Å². The Balaban J connectivity index is 1.41. The van der Waals surface area contributed by atoms with Crippen molar-refractivity contribution in [2.75, 3.05) is 23.3 Å². The number of hydrogen-bond acceptors (Lipinski definition) is 7. The van der Waals surface area contributed by atoms with Crippen LogP contribution in [-0.4, -0.2) is 38.5 Å². The van der Waals surface area contributed by atoms with Crippen molar-refractivity contribution < 1.29 is 9.72 Å². The number of carbonyl (C=O) groups is 1. The molecule has 0 saturated carbocycles. The maximum atomic E-state index is 12.7. The monoisotopic (exact) mass is 434 g/mol. The number of anilines is 2. The Hall–Kier alpha value is -3.79. The van der Waals surface area contributed by atoms with Gasteiger partial charge in [0.15, 0.2) is 0 Å². The Morgan fingerprint density at radius 2 is 1.90 bits per heavy atom. The van der Waals surface area contributed by atoms with E-state index in [9.17, 15) is 14.9 Å². The van der Waals surface area contributed by atoms with Crippen molar-refractivity contribution in [3.63, 3.8) is 0 Å². The van der Waals surface area contributed by atoms with Crippen LogP contribution in [0.4, 0.5) is 17.3 Å². The van der Waals surface area contributed by atoms with Crippen LogP contribution in [0.1, 0.15) is 23.2 Å². The van der Waals surface area contributed by atoms with Crippen LogP contribution in [-0.2, 0) is 0 Å². The zero-order valence-electron chi connectivity index (χ0n) is 16.4. The van der Waals surface area contributed by atoms with E-state index in [1.165, 1.54) is 17.4 Å². The molecule has 0 radical (unpaired) electrons. The number of benzene rings is 2. The number of amides is 1. The molecule has 0 bridgehead atoms. The maximum Gasteiger partial charge on any atom is 0.293 e. The summed E-state index contributed by atoms with van der Waals surface area (Å²) in [5, 5.41) is 20.6. The van der Waals surface area contributed by atoms with E-state index in [1.54, 1.807) is 16.6 Å². The Labute approximate surface area is 181 Å². The van der Waals surface area contributed by atoms with Crippen molar-refractivity contribution in [1.29, 1.82) is 0 Å². The molecule has 1 saturated heterocycles. The van der Waals surface area contributed by atoms with Gasteiger partial charge in [-0.3, -0.25) is 20.2 Å². The summed E-state index contributed by atoms with van der Waals surface area (Å²) < 4.78 is 1.68. The van der Waals surface area contributed by atoms with E-state index in [2.05, 4.69) is 15.4 Å². The molecule has 3 heterocycles. The Kier molecular flexibility index (Phi) is 4.83. The quantitative estimate of drug-likeness (QED) is 0.372. The van der Waals surface area contributed by atoms with Gasteiger partial charge in [-0.05, 0) is 25.0 Å². The molecule has 5 rings (SSSR count). The molecular formula is C21H18N6O3S. The van der Waals surface area contributed by atoms with Gasteiger partial charge in [0, 0.05) is 35.7 Å². The Morgan fingerprint density at radius 1 is 1.13 bits per heavy atom. The molecule has 2 aromatic carbocycles. The van der Waals surface area contributed by atoms with Gasteiger partial charge < -0.3 is 4.90 Å². The zero-order chi connectivity index (χ0) is 21.4. The molecule has 0 unspecified atom stereocenters. The molecule has 31 heavy (non-hydrogen) atoms. The normalized spacial score (nSPS) is 13.6. The summed E-state index contributed by atoms with van der Waals surface area (Å²) >= 11 is 1.42. The number of fused-ring (bicyclic) bond motifs is 1. The van der Waals surface area contributed by atoms with E-state index < -0.39 is 10.8 Å². The highest BCUT2D eigenvalue weighted by molar-refractivity contribution is 7.15. The smallest absolute Gasteiger partial charge is 0.293 e. The number of nitro benzene ring substituents is 1. The average Bonchev–Trinajstić information content (AvgIpc) is 3.51. The fourth-order valence-corrected chi connectivity index (χ4v) is 4.58. The number of aromatic nitrogens is 3. The first-order chi connectivity index (χ1) is 15.1. The van der Waals surface area contributed by atoms with E-state index in [1.807, 2.05) is 40.6 Å². The summed E-state index contributed by atoms with van der Waals surface area (Å²) in [6.45, 7) is 1.57. The summed E-state index contributed by atoms with van der Waals surface area (Å²) in [5.74, 6) is -0.337. The van der Waals surface area contributed by atoms with Gasteiger partial charge >= 0.3 is 0 Å². The second kappa shape index (κ2) is 7.80. The number of hydrogen-bond donors (Lipinski definition) is 1. The van der Waals surface area contributed by atoms with E-state index >= 15 is 0 Å². The number of carbonyl (C=O) groups excluding carboxylic acids is 1. The first-order valence-corrected chi connectivity index (χ1v) is 10.7. The number of rotatable bonds is 5. The van der Waals surface area contributed by atoms with Crippen molar-refractivity contribution in [2.24, 2.45) is 0 Å². The number of nitrogens with one attached hydrogen (secondary N) is 1. The SMILES string of the molecule is O=C(Nc1nc2scc(-c3ccccc3)n2n1)c1ccc(N2CCCC2)c([N+](=O)[O-])c1. The minimum Gasteiger partial charge on any atom is -0.366 e. The predicted molar refractivity (Wildman–Crippen MR) is 119 cm³/mol. The van der Waals surface area contributed by atoms with Crippen LogP contribution >= 0.6 is 11.3 Å². The van der Waals surface area contributed by atoms with E-state index in [-0.39, 0.29) is 17.2 Å². The van der Waals surface area contributed by atoms with Crippen molar-refractivity contribution in [1.82, 2.24) is 14.6 Å².